The van der Waals surface area contributed by atoms with E-state index in [9.17, 15) is 9.59 Å². The second kappa shape index (κ2) is 4.94. The highest BCUT2D eigenvalue weighted by Gasteiger charge is 2.20. The first-order valence-corrected chi connectivity index (χ1v) is 5.58. The molecule has 7 heteroatoms. The number of rotatable bonds is 3. The van der Waals surface area contributed by atoms with Crippen LogP contribution in [0.3, 0.4) is 0 Å². The van der Waals surface area contributed by atoms with E-state index in [0.717, 1.165) is 43.2 Å². The number of aromatic nitrogens is 3. The molecule has 0 atom stereocenters. The molecule has 7 nitrogen and oxygen atoms in total. The molecule has 1 fully saturated rings. The highest BCUT2D eigenvalue weighted by Crippen LogP contribution is 2.09. The van der Waals surface area contributed by atoms with Gasteiger partial charge in [0.25, 0.3) is 0 Å². The number of hydrogen-bond acceptors (Lipinski definition) is 4. The normalized spacial score (nSPS) is 15.9. The van der Waals surface area contributed by atoms with Gasteiger partial charge < -0.3 is 10.0 Å². The van der Waals surface area contributed by atoms with Crippen molar-refractivity contribution in [2.75, 3.05) is 13.1 Å². The maximum atomic E-state index is 11.9. The number of carbonyl (C=O) groups excluding carboxylic acids is 1. The SMILES string of the molecule is O=C(O)c1cnnn1CC(=O)N1CCCCC1. The Morgan fingerprint density at radius 2 is 2.00 bits per heavy atom. The fourth-order valence-electron chi connectivity index (χ4n) is 1.91. The molecule has 1 saturated heterocycles. The summed E-state index contributed by atoms with van der Waals surface area (Å²) in [6.07, 6.45) is 4.31. The molecule has 1 aromatic rings. The van der Waals surface area contributed by atoms with Crippen molar-refractivity contribution in [3.8, 4) is 0 Å². The van der Waals surface area contributed by atoms with E-state index in [1.807, 2.05) is 0 Å². The molecule has 92 valence electrons. The smallest absolute Gasteiger partial charge is 0.355 e. The Balaban J connectivity index is 2.02. The lowest BCUT2D eigenvalue weighted by atomic mass is 10.1. The number of carboxylic acids is 1. The zero-order chi connectivity index (χ0) is 12.3. The Hall–Kier alpha value is -1.92. The third-order valence-corrected chi connectivity index (χ3v) is 2.83. The fourth-order valence-corrected chi connectivity index (χ4v) is 1.91. The lowest BCUT2D eigenvalue weighted by molar-refractivity contribution is -0.132. The lowest BCUT2D eigenvalue weighted by Crippen LogP contribution is -2.38. The molecule has 17 heavy (non-hydrogen) atoms. The summed E-state index contributed by atoms with van der Waals surface area (Å²) in [6, 6.07) is 0. The molecule has 0 radical (unpaired) electrons. The van der Waals surface area contributed by atoms with Crippen molar-refractivity contribution in [3.63, 3.8) is 0 Å². The highest BCUT2D eigenvalue weighted by atomic mass is 16.4. The minimum Gasteiger partial charge on any atom is -0.476 e. The first-order valence-electron chi connectivity index (χ1n) is 5.58. The van der Waals surface area contributed by atoms with Crippen LogP contribution in [0.2, 0.25) is 0 Å². The monoisotopic (exact) mass is 238 g/mol. The van der Waals surface area contributed by atoms with Crippen molar-refractivity contribution in [1.82, 2.24) is 19.9 Å². The number of aromatic carboxylic acids is 1. The van der Waals surface area contributed by atoms with E-state index in [1.54, 1.807) is 4.90 Å². The van der Waals surface area contributed by atoms with E-state index in [4.69, 9.17) is 5.11 Å². The summed E-state index contributed by atoms with van der Waals surface area (Å²) in [5.74, 6) is -1.22. The summed E-state index contributed by atoms with van der Waals surface area (Å²) < 4.78 is 1.12. The van der Waals surface area contributed by atoms with Gasteiger partial charge in [0.2, 0.25) is 5.91 Å². The molecule has 1 amide bonds. The van der Waals surface area contributed by atoms with Crippen LogP contribution in [0.15, 0.2) is 6.20 Å². The number of carbonyl (C=O) groups is 2. The molecule has 0 unspecified atom stereocenters. The van der Waals surface area contributed by atoms with Gasteiger partial charge in [-0.15, -0.1) is 5.10 Å². The lowest BCUT2D eigenvalue weighted by Gasteiger charge is -2.26. The summed E-state index contributed by atoms with van der Waals surface area (Å²) in [5, 5.41) is 16.0. The zero-order valence-electron chi connectivity index (χ0n) is 9.37. The van der Waals surface area contributed by atoms with Gasteiger partial charge in [-0.3, -0.25) is 4.79 Å². The highest BCUT2D eigenvalue weighted by molar-refractivity contribution is 5.86. The van der Waals surface area contributed by atoms with Crippen LogP contribution in [0, 0.1) is 0 Å². The van der Waals surface area contributed by atoms with Crippen LogP contribution in [0.4, 0.5) is 0 Å². The molecule has 0 bridgehead atoms. The maximum Gasteiger partial charge on any atom is 0.355 e. The van der Waals surface area contributed by atoms with E-state index in [2.05, 4.69) is 10.3 Å². The predicted molar refractivity (Wildman–Crippen MR) is 57.4 cm³/mol. The number of likely N-dealkylation sites (tertiary alicyclic amines) is 1. The first kappa shape index (κ1) is 11.6. The third kappa shape index (κ3) is 2.61. The topological polar surface area (TPSA) is 88.3 Å². The van der Waals surface area contributed by atoms with Crippen LogP contribution in [-0.4, -0.2) is 50.0 Å². The second-order valence-electron chi connectivity index (χ2n) is 4.02. The molecule has 1 aliphatic rings. The molecule has 0 spiro atoms. The molecular weight excluding hydrogens is 224 g/mol. The van der Waals surface area contributed by atoms with Crippen molar-refractivity contribution >= 4 is 11.9 Å². The van der Waals surface area contributed by atoms with Crippen LogP contribution in [-0.2, 0) is 11.3 Å². The van der Waals surface area contributed by atoms with Crippen LogP contribution in [0.5, 0.6) is 0 Å². The maximum absolute atomic E-state index is 11.9. The van der Waals surface area contributed by atoms with E-state index in [0.29, 0.717) is 0 Å². The van der Waals surface area contributed by atoms with Gasteiger partial charge in [0.1, 0.15) is 6.54 Å². The minimum absolute atomic E-state index is 0.0539. The molecular formula is C10H14N4O3. The summed E-state index contributed by atoms with van der Waals surface area (Å²) in [4.78, 5) is 24.4. The number of hydrogen-bond donors (Lipinski definition) is 1. The van der Waals surface area contributed by atoms with Gasteiger partial charge >= 0.3 is 5.97 Å². The Morgan fingerprint density at radius 1 is 1.29 bits per heavy atom. The van der Waals surface area contributed by atoms with Gasteiger partial charge in [-0.25, -0.2) is 9.48 Å². The Labute approximate surface area is 98.0 Å². The number of carboxylic acid groups (broad SMARTS) is 1. The molecule has 2 rings (SSSR count). The standard InChI is InChI=1S/C10H14N4O3/c15-9(13-4-2-1-3-5-13)7-14-8(10(16)17)6-11-12-14/h6H,1-5,7H2,(H,16,17). The predicted octanol–water partition coefficient (Wildman–Crippen LogP) is -0.0112. The number of piperidine rings is 1. The molecule has 1 aromatic heterocycles. The number of amides is 1. The van der Waals surface area contributed by atoms with E-state index in [-0.39, 0.29) is 18.1 Å². The molecule has 0 aromatic carbocycles. The Morgan fingerprint density at radius 3 is 2.65 bits per heavy atom. The summed E-state index contributed by atoms with van der Waals surface area (Å²) in [6.45, 7) is 1.44. The van der Waals surface area contributed by atoms with Crippen molar-refractivity contribution in [2.45, 2.75) is 25.8 Å². The molecule has 0 saturated carbocycles. The van der Waals surface area contributed by atoms with Crippen LogP contribution in [0.25, 0.3) is 0 Å². The summed E-state index contributed by atoms with van der Waals surface area (Å²) in [7, 11) is 0. The van der Waals surface area contributed by atoms with Crippen molar-refractivity contribution in [3.05, 3.63) is 11.9 Å². The van der Waals surface area contributed by atoms with Gasteiger partial charge in [-0.05, 0) is 19.3 Å². The minimum atomic E-state index is -1.12. The van der Waals surface area contributed by atoms with Gasteiger partial charge in [-0.2, -0.15) is 0 Å². The molecule has 1 aliphatic heterocycles. The Kier molecular flexibility index (Phi) is 3.36. The average Bonchev–Trinajstić information content (AvgIpc) is 2.78. The van der Waals surface area contributed by atoms with Crippen LogP contribution >= 0.6 is 0 Å². The van der Waals surface area contributed by atoms with E-state index >= 15 is 0 Å². The van der Waals surface area contributed by atoms with Crippen molar-refractivity contribution < 1.29 is 14.7 Å². The van der Waals surface area contributed by atoms with Crippen LogP contribution in [0.1, 0.15) is 29.8 Å². The zero-order valence-corrected chi connectivity index (χ0v) is 9.37. The average molecular weight is 238 g/mol. The third-order valence-electron chi connectivity index (χ3n) is 2.83. The quantitative estimate of drug-likeness (QED) is 0.800. The summed E-state index contributed by atoms with van der Waals surface area (Å²) >= 11 is 0. The molecule has 0 aliphatic carbocycles. The Bertz CT molecular complexity index is 423. The van der Waals surface area contributed by atoms with Crippen molar-refractivity contribution in [1.29, 1.82) is 0 Å². The van der Waals surface area contributed by atoms with Gasteiger partial charge in [0, 0.05) is 13.1 Å². The van der Waals surface area contributed by atoms with Crippen LogP contribution < -0.4 is 0 Å². The second-order valence-corrected chi connectivity index (χ2v) is 4.02. The van der Waals surface area contributed by atoms with Gasteiger partial charge in [-0.1, -0.05) is 5.21 Å². The first-order chi connectivity index (χ1) is 8.18. The fraction of sp³-hybridized carbons (Fsp3) is 0.600. The van der Waals surface area contributed by atoms with Gasteiger partial charge in [0.15, 0.2) is 5.69 Å². The molecule has 2 heterocycles. The number of nitrogens with zero attached hydrogens (tertiary/aromatic N) is 4. The van der Waals surface area contributed by atoms with E-state index in [1.165, 1.54) is 0 Å². The van der Waals surface area contributed by atoms with E-state index < -0.39 is 5.97 Å². The van der Waals surface area contributed by atoms with Gasteiger partial charge in [0.05, 0.1) is 6.20 Å². The summed E-state index contributed by atoms with van der Waals surface area (Å²) in [5.41, 5.74) is -0.0599. The largest absolute Gasteiger partial charge is 0.476 e. The molecule has 1 N–H and O–H groups in total. The van der Waals surface area contributed by atoms with Crippen molar-refractivity contribution in [2.24, 2.45) is 0 Å².